The average Bonchev–Trinajstić information content (AvgIpc) is 3.04. The maximum absolute atomic E-state index is 12.3. The summed E-state index contributed by atoms with van der Waals surface area (Å²) < 4.78 is 31.0. The molecule has 1 aliphatic heterocycles. The average molecular weight is 430 g/mol. The fourth-order valence-electron chi connectivity index (χ4n) is 3.21. The maximum atomic E-state index is 12.3. The van der Waals surface area contributed by atoms with Crippen molar-refractivity contribution in [2.75, 3.05) is 29.1 Å². The fraction of sp³-hybridized carbons (Fsp3) is 0.500. The van der Waals surface area contributed by atoms with Gasteiger partial charge in [0.25, 0.3) is 0 Å². The molecule has 3 rings (SSSR count). The second-order valence-corrected chi connectivity index (χ2v) is 10.7. The minimum absolute atomic E-state index is 0.0713. The number of nitrogens with one attached hydrogen (secondary N) is 1. The van der Waals surface area contributed by atoms with Crippen molar-refractivity contribution in [3.05, 3.63) is 33.7 Å². The molecule has 1 saturated heterocycles. The van der Waals surface area contributed by atoms with Gasteiger partial charge in [-0.25, -0.2) is 13.4 Å². The Kier molecular flexibility index (Phi) is 6.30. The van der Waals surface area contributed by atoms with Crippen LogP contribution < -0.4 is 10.2 Å². The summed E-state index contributed by atoms with van der Waals surface area (Å²) in [5.74, 6) is 0.0713. The van der Waals surface area contributed by atoms with Crippen LogP contribution in [0.3, 0.4) is 0 Å². The van der Waals surface area contributed by atoms with Crippen LogP contribution in [-0.2, 0) is 21.1 Å². The molecule has 1 aliphatic rings. The highest BCUT2D eigenvalue weighted by Gasteiger charge is 2.25. The smallest absolute Gasteiger partial charge is 0.183 e. The van der Waals surface area contributed by atoms with Crippen molar-refractivity contribution in [2.45, 2.75) is 44.4 Å². The first-order valence-electron chi connectivity index (χ1n) is 8.89. The van der Waals surface area contributed by atoms with Crippen molar-refractivity contribution >= 4 is 44.1 Å². The molecule has 0 spiro atoms. The van der Waals surface area contributed by atoms with E-state index in [4.69, 9.17) is 16.3 Å². The molecule has 0 amide bonds. The van der Waals surface area contributed by atoms with Gasteiger partial charge in [-0.15, -0.1) is 11.3 Å². The lowest BCUT2D eigenvalue weighted by Gasteiger charge is -2.38. The summed E-state index contributed by atoms with van der Waals surface area (Å²) in [6, 6.07) is 5.30. The number of aromatic nitrogens is 1. The van der Waals surface area contributed by atoms with E-state index in [9.17, 15) is 8.42 Å². The van der Waals surface area contributed by atoms with Crippen molar-refractivity contribution in [3.63, 3.8) is 0 Å². The zero-order chi connectivity index (χ0) is 19.6. The topological polar surface area (TPSA) is 71.5 Å². The third-order valence-corrected chi connectivity index (χ3v) is 7.29. The minimum atomic E-state index is -3.28. The molecule has 0 saturated carbocycles. The van der Waals surface area contributed by atoms with Crippen molar-refractivity contribution in [1.82, 2.24) is 4.98 Å². The maximum Gasteiger partial charge on any atom is 0.183 e. The van der Waals surface area contributed by atoms with Crippen LogP contribution in [0.25, 0.3) is 0 Å². The minimum Gasteiger partial charge on any atom is -0.378 e. The molecule has 0 bridgehead atoms. The normalized spacial score (nSPS) is 20.7. The Labute approximate surface area is 169 Å². The van der Waals surface area contributed by atoms with E-state index in [2.05, 4.69) is 15.2 Å². The molecule has 2 unspecified atom stereocenters. The fourth-order valence-corrected chi connectivity index (χ4v) is 5.04. The number of hydrogen-bond acceptors (Lipinski definition) is 7. The van der Waals surface area contributed by atoms with Gasteiger partial charge in [0.1, 0.15) is 0 Å². The molecule has 1 aromatic heterocycles. The van der Waals surface area contributed by atoms with E-state index in [1.807, 2.05) is 19.9 Å². The number of halogens is 1. The Morgan fingerprint density at radius 1 is 1.33 bits per heavy atom. The number of ether oxygens (including phenoxy) is 1. The zero-order valence-corrected chi connectivity index (χ0v) is 18.0. The first-order chi connectivity index (χ1) is 12.8. The van der Waals surface area contributed by atoms with E-state index < -0.39 is 9.84 Å². The van der Waals surface area contributed by atoms with E-state index in [-0.39, 0.29) is 18.0 Å². The van der Waals surface area contributed by atoms with Crippen LogP contribution in [0.5, 0.6) is 0 Å². The number of nitrogens with zero attached hydrogens (tertiary/aromatic N) is 2. The number of thiazole rings is 1. The van der Waals surface area contributed by atoms with Gasteiger partial charge in [0.05, 0.1) is 40.8 Å². The van der Waals surface area contributed by atoms with Crippen LogP contribution in [0, 0.1) is 0 Å². The quantitative estimate of drug-likeness (QED) is 0.752. The van der Waals surface area contributed by atoms with Crippen LogP contribution in [0.2, 0.25) is 4.47 Å². The zero-order valence-electron chi connectivity index (χ0n) is 15.6. The largest absolute Gasteiger partial charge is 0.378 e. The SMILES string of the molecule is CCS(=O)(=O)c1ccc(N2CC(C)OC(C)C2)c(NCc2cnc(Cl)s2)c1. The second-order valence-electron chi connectivity index (χ2n) is 6.68. The molecular weight excluding hydrogens is 406 g/mol. The van der Waals surface area contributed by atoms with Crippen molar-refractivity contribution in [1.29, 1.82) is 0 Å². The molecule has 148 valence electrons. The Bertz CT molecular complexity index is 891. The highest BCUT2D eigenvalue weighted by atomic mass is 35.5. The molecule has 2 aromatic rings. The Morgan fingerprint density at radius 3 is 2.63 bits per heavy atom. The monoisotopic (exact) mass is 429 g/mol. The molecule has 1 N–H and O–H groups in total. The van der Waals surface area contributed by atoms with Gasteiger partial charge in [0.2, 0.25) is 0 Å². The number of morpholine rings is 1. The number of benzene rings is 1. The summed E-state index contributed by atoms with van der Waals surface area (Å²) in [5.41, 5.74) is 1.76. The standard InChI is InChI=1S/C18H24ClN3O3S2/c1-4-27(23,24)15-5-6-17(22-10-12(2)25-13(3)11-22)16(7-15)20-8-14-9-21-18(19)26-14/h5-7,9,12-13,20H,4,8,10-11H2,1-3H3. The predicted molar refractivity (Wildman–Crippen MR) is 111 cm³/mol. The summed E-state index contributed by atoms with van der Waals surface area (Å²) in [7, 11) is -3.28. The third-order valence-electron chi connectivity index (χ3n) is 4.45. The Morgan fingerprint density at radius 2 is 2.04 bits per heavy atom. The highest BCUT2D eigenvalue weighted by Crippen LogP contribution is 2.32. The molecule has 0 aliphatic carbocycles. The molecule has 9 heteroatoms. The lowest BCUT2D eigenvalue weighted by molar-refractivity contribution is -0.00518. The molecule has 2 heterocycles. The van der Waals surface area contributed by atoms with Gasteiger partial charge in [-0.1, -0.05) is 18.5 Å². The van der Waals surface area contributed by atoms with Crippen molar-refractivity contribution in [2.24, 2.45) is 0 Å². The van der Waals surface area contributed by atoms with Crippen LogP contribution in [0.15, 0.2) is 29.3 Å². The highest BCUT2D eigenvalue weighted by molar-refractivity contribution is 7.91. The Hall–Kier alpha value is -1.35. The Balaban J connectivity index is 1.93. The molecule has 0 radical (unpaired) electrons. The van der Waals surface area contributed by atoms with Gasteiger partial charge in [-0.2, -0.15) is 0 Å². The van der Waals surface area contributed by atoms with Gasteiger partial charge < -0.3 is 15.0 Å². The predicted octanol–water partition coefficient (Wildman–Crippen LogP) is 3.82. The van der Waals surface area contributed by atoms with E-state index >= 15 is 0 Å². The first-order valence-corrected chi connectivity index (χ1v) is 11.7. The third kappa shape index (κ3) is 4.93. The summed E-state index contributed by atoms with van der Waals surface area (Å²) in [6.45, 7) is 7.79. The molecule has 2 atom stereocenters. The van der Waals surface area contributed by atoms with Gasteiger partial charge in [-0.3, -0.25) is 0 Å². The summed E-state index contributed by atoms with van der Waals surface area (Å²) in [4.78, 5) is 7.60. The molecule has 1 aromatic carbocycles. The van der Waals surface area contributed by atoms with Crippen molar-refractivity contribution in [3.8, 4) is 0 Å². The number of rotatable bonds is 6. The van der Waals surface area contributed by atoms with Gasteiger partial charge >= 0.3 is 0 Å². The number of hydrogen-bond donors (Lipinski definition) is 1. The van der Waals surface area contributed by atoms with Crippen LogP contribution in [-0.4, -0.2) is 44.5 Å². The molecule has 6 nitrogen and oxygen atoms in total. The van der Waals surface area contributed by atoms with Gasteiger partial charge in [-0.05, 0) is 32.0 Å². The number of sulfone groups is 1. The summed E-state index contributed by atoms with van der Waals surface area (Å²) in [6.07, 6.45) is 1.95. The number of anilines is 2. The second kappa shape index (κ2) is 8.34. The van der Waals surface area contributed by atoms with Gasteiger partial charge in [0.15, 0.2) is 14.3 Å². The molecule has 1 fully saturated rings. The summed E-state index contributed by atoms with van der Waals surface area (Å²) in [5, 5.41) is 3.37. The van der Waals surface area contributed by atoms with Crippen LogP contribution in [0.4, 0.5) is 11.4 Å². The van der Waals surface area contributed by atoms with E-state index in [0.717, 1.165) is 29.3 Å². The van der Waals surface area contributed by atoms with Crippen LogP contribution >= 0.6 is 22.9 Å². The summed E-state index contributed by atoms with van der Waals surface area (Å²) >= 11 is 7.31. The van der Waals surface area contributed by atoms with E-state index in [1.165, 1.54) is 11.3 Å². The lowest BCUT2D eigenvalue weighted by atomic mass is 10.1. The lowest BCUT2D eigenvalue weighted by Crippen LogP contribution is -2.45. The first kappa shape index (κ1) is 20.4. The van der Waals surface area contributed by atoms with Crippen molar-refractivity contribution < 1.29 is 13.2 Å². The molecule has 27 heavy (non-hydrogen) atoms. The van der Waals surface area contributed by atoms with Crippen LogP contribution in [0.1, 0.15) is 25.6 Å². The van der Waals surface area contributed by atoms with Gasteiger partial charge in [0, 0.05) is 24.2 Å². The van der Waals surface area contributed by atoms with E-state index in [0.29, 0.717) is 15.9 Å². The van der Waals surface area contributed by atoms with E-state index in [1.54, 1.807) is 25.3 Å². The molecular formula is C18H24ClN3O3S2.